The number of hydrogen-bond donors (Lipinski definition) is 1. The molecule has 2 aliphatic rings. The quantitative estimate of drug-likeness (QED) is 0.822. The van der Waals surface area contributed by atoms with E-state index in [4.69, 9.17) is 16.6 Å². The highest BCUT2D eigenvalue weighted by Gasteiger charge is 2.29. The van der Waals surface area contributed by atoms with Gasteiger partial charge in [0, 0.05) is 5.75 Å². The first-order chi connectivity index (χ1) is 9.24. The maximum Gasteiger partial charge on any atom is 0.161 e. The lowest BCUT2D eigenvalue weighted by molar-refractivity contribution is 0.336. The average Bonchev–Trinajstić information content (AvgIpc) is 2.43. The molecule has 1 aromatic carbocycles. The van der Waals surface area contributed by atoms with Crippen LogP contribution in [0.1, 0.15) is 25.7 Å². The fraction of sp³-hybridized carbons (Fsp3) is 0.500. The molecule has 3 rings (SSSR count). The minimum atomic E-state index is -0.332. The minimum absolute atomic E-state index is 0.332. The van der Waals surface area contributed by atoms with Crippen molar-refractivity contribution in [1.29, 1.82) is 0 Å². The van der Waals surface area contributed by atoms with E-state index in [0.29, 0.717) is 22.7 Å². The van der Waals surface area contributed by atoms with Crippen LogP contribution in [-0.4, -0.2) is 17.0 Å². The molecule has 0 aromatic heterocycles. The van der Waals surface area contributed by atoms with E-state index in [9.17, 15) is 4.39 Å². The third-order valence-electron chi connectivity index (χ3n) is 3.78. The van der Waals surface area contributed by atoms with Gasteiger partial charge < -0.3 is 5.32 Å². The number of fused-ring (bicyclic) bond motifs is 1. The standard InChI is InChI=1S/C14H16ClFN2S/c15-10-5-3-6-11(16)13(10)18-14-17-12-7-2-1-4-9(12)8-19-14/h3,5-6,9,12H,1-2,4,7-8H2,(H,17,18). The van der Waals surface area contributed by atoms with Crippen molar-refractivity contribution in [3.05, 3.63) is 29.0 Å². The molecule has 102 valence electrons. The molecule has 2 nitrogen and oxygen atoms in total. The van der Waals surface area contributed by atoms with E-state index < -0.39 is 0 Å². The van der Waals surface area contributed by atoms with Crippen molar-refractivity contribution in [1.82, 2.24) is 0 Å². The number of para-hydroxylation sites is 1. The van der Waals surface area contributed by atoms with Crippen LogP contribution < -0.4 is 5.32 Å². The van der Waals surface area contributed by atoms with Crippen LogP contribution in [0.15, 0.2) is 23.2 Å². The van der Waals surface area contributed by atoms with Gasteiger partial charge in [-0.1, -0.05) is 42.3 Å². The van der Waals surface area contributed by atoms with Crippen LogP contribution in [0, 0.1) is 11.7 Å². The van der Waals surface area contributed by atoms with E-state index in [1.54, 1.807) is 23.9 Å². The second-order valence-corrected chi connectivity index (χ2v) is 6.49. The van der Waals surface area contributed by atoms with Gasteiger partial charge in [-0.2, -0.15) is 0 Å². The van der Waals surface area contributed by atoms with Crippen LogP contribution in [0.4, 0.5) is 10.1 Å². The summed E-state index contributed by atoms with van der Waals surface area (Å²) in [6.45, 7) is 0. The number of hydrogen-bond acceptors (Lipinski definition) is 3. The van der Waals surface area contributed by atoms with Crippen molar-refractivity contribution in [3.63, 3.8) is 0 Å². The Hall–Kier alpha value is -0.740. The molecule has 1 fully saturated rings. The van der Waals surface area contributed by atoms with E-state index >= 15 is 0 Å². The number of amidine groups is 1. The molecule has 1 aliphatic heterocycles. The molecule has 0 amide bonds. The fourth-order valence-corrected chi connectivity index (χ4v) is 4.07. The number of nitrogens with one attached hydrogen (secondary N) is 1. The van der Waals surface area contributed by atoms with Gasteiger partial charge in [-0.05, 0) is 30.9 Å². The summed E-state index contributed by atoms with van der Waals surface area (Å²) in [7, 11) is 0. The molecule has 2 atom stereocenters. The zero-order chi connectivity index (χ0) is 13.2. The van der Waals surface area contributed by atoms with Crippen LogP contribution in [0.3, 0.4) is 0 Å². The molecule has 0 radical (unpaired) electrons. The van der Waals surface area contributed by atoms with Crippen LogP contribution >= 0.6 is 23.4 Å². The summed E-state index contributed by atoms with van der Waals surface area (Å²) in [5, 5.41) is 4.25. The molecule has 19 heavy (non-hydrogen) atoms. The van der Waals surface area contributed by atoms with E-state index in [1.165, 1.54) is 25.3 Å². The molecule has 1 aliphatic carbocycles. The number of nitrogens with zero attached hydrogens (tertiary/aromatic N) is 1. The highest BCUT2D eigenvalue weighted by atomic mass is 35.5. The van der Waals surface area contributed by atoms with Crippen molar-refractivity contribution in [2.45, 2.75) is 31.7 Å². The number of anilines is 1. The topological polar surface area (TPSA) is 24.4 Å². The Kier molecular flexibility index (Phi) is 3.99. The second kappa shape index (κ2) is 5.71. The van der Waals surface area contributed by atoms with Crippen LogP contribution in [-0.2, 0) is 0 Å². The maximum atomic E-state index is 13.7. The molecule has 0 saturated heterocycles. The predicted molar refractivity (Wildman–Crippen MR) is 80.7 cm³/mol. The van der Waals surface area contributed by atoms with E-state index in [2.05, 4.69) is 5.32 Å². The van der Waals surface area contributed by atoms with Gasteiger partial charge in [-0.3, -0.25) is 4.99 Å². The Bertz CT molecular complexity index is 486. The molecule has 1 heterocycles. The van der Waals surface area contributed by atoms with Gasteiger partial charge >= 0.3 is 0 Å². The van der Waals surface area contributed by atoms with E-state index in [-0.39, 0.29) is 5.82 Å². The van der Waals surface area contributed by atoms with Crippen molar-refractivity contribution in [2.75, 3.05) is 11.1 Å². The normalized spacial score (nSPS) is 26.5. The second-order valence-electron chi connectivity index (χ2n) is 5.08. The zero-order valence-corrected chi connectivity index (χ0v) is 12.1. The molecule has 1 aromatic rings. The molecule has 1 N–H and O–H groups in total. The van der Waals surface area contributed by atoms with Gasteiger partial charge in [-0.25, -0.2) is 4.39 Å². The summed E-state index contributed by atoms with van der Waals surface area (Å²) in [6, 6.07) is 5.11. The lowest BCUT2D eigenvalue weighted by Crippen LogP contribution is -2.31. The van der Waals surface area contributed by atoms with Crippen LogP contribution in [0.2, 0.25) is 5.02 Å². The third kappa shape index (κ3) is 2.90. The monoisotopic (exact) mass is 298 g/mol. The lowest BCUT2D eigenvalue weighted by Gasteiger charge is -2.32. The lowest BCUT2D eigenvalue weighted by atomic mass is 9.86. The van der Waals surface area contributed by atoms with E-state index in [1.807, 2.05) is 0 Å². The number of thioether (sulfide) groups is 1. The molecule has 0 spiro atoms. The Morgan fingerprint density at radius 2 is 2.16 bits per heavy atom. The Morgan fingerprint density at radius 3 is 3.00 bits per heavy atom. The molecule has 5 heteroatoms. The molecule has 0 bridgehead atoms. The summed E-state index contributed by atoms with van der Waals surface area (Å²) in [4.78, 5) is 4.72. The van der Waals surface area contributed by atoms with Crippen LogP contribution in [0.25, 0.3) is 0 Å². The highest BCUT2D eigenvalue weighted by Crippen LogP contribution is 2.35. The largest absolute Gasteiger partial charge is 0.331 e. The first kappa shape index (κ1) is 13.3. The van der Waals surface area contributed by atoms with Crippen molar-refractivity contribution in [2.24, 2.45) is 10.9 Å². The van der Waals surface area contributed by atoms with Gasteiger partial charge in [0.05, 0.1) is 16.8 Å². The Labute approximate surface area is 121 Å². The third-order valence-corrected chi connectivity index (χ3v) is 5.17. The van der Waals surface area contributed by atoms with Crippen molar-refractivity contribution >= 4 is 34.2 Å². The number of rotatable bonds is 1. The zero-order valence-electron chi connectivity index (χ0n) is 10.5. The first-order valence-corrected chi connectivity index (χ1v) is 8.02. The number of benzene rings is 1. The summed E-state index contributed by atoms with van der Waals surface area (Å²) in [6.07, 6.45) is 5.00. The first-order valence-electron chi connectivity index (χ1n) is 6.65. The van der Waals surface area contributed by atoms with Gasteiger partial charge in [0.15, 0.2) is 5.17 Å². The van der Waals surface area contributed by atoms with Gasteiger partial charge in [0.2, 0.25) is 0 Å². The average molecular weight is 299 g/mol. The SMILES string of the molecule is Fc1cccc(Cl)c1NC1=NC2CCCCC2CS1. The van der Waals surface area contributed by atoms with Gasteiger partial charge in [0.1, 0.15) is 5.82 Å². The predicted octanol–water partition coefficient (Wildman–Crippen LogP) is 4.55. The Morgan fingerprint density at radius 1 is 1.32 bits per heavy atom. The fourth-order valence-electron chi connectivity index (χ4n) is 2.72. The minimum Gasteiger partial charge on any atom is -0.331 e. The maximum absolute atomic E-state index is 13.7. The molecule has 1 saturated carbocycles. The summed E-state index contributed by atoms with van der Waals surface area (Å²) in [5.41, 5.74) is 0.338. The Balaban J connectivity index is 1.78. The summed E-state index contributed by atoms with van der Waals surface area (Å²) in [5.74, 6) is 1.43. The van der Waals surface area contributed by atoms with Gasteiger partial charge in [-0.15, -0.1) is 0 Å². The molecule has 2 unspecified atom stereocenters. The smallest absolute Gasteiger partial charge is 0.161 e. The van der Waals surface area contributed by atoms with Crippen molar-refractivity contribution < 1.29 is 4.39 Å². The summed E-state index contributed by atoms with van der Waals surface area (Å²) >= 11 is 7.69. The molecular weight excluding hydrogens is 283 g/mol. The highest BCUT2D eigenvalue weighted by molar-refractivity contribution is 8.14. The van der Waals surface area contributed by atoms with Crippen LogP contribution in [0.5, 0.6) is 0 Å². The molecular formula is C14H16ClFN2S. The van der Waals surface area contributed by atoms with E-state index in [0.717, 1.165) is 17.3 Å². The van der Waals surface area contributed by atoms with Gasteiger partial charge in [0.25, 0.3) is 0 Å². The number of aliphatic imine (C=N–C) groups is 1. The number of halogens is 2. The van der Waals surface area contributed by atoms with Crippen molar-refractivity contribution in [3.8, 4) is 0 Å². The summed E-state index contributed by atoms with van der Waals surface area (Å²) < 4.78 is 13.7.